The van der Waals surface area contributed by atoms with Crippen LogP contribution in [0, 0.1) is 0 Å². The van der Waals surface area contributed by atoms with Crippen LogP contribution in [0.1, 0.15) is 28.4 Å². The van der Waals surface area contributed by atoms with Crippen molar-refractivity contribution in [3.8, 4) is 5.75 Å². The van der Waals surface area contributed by atoms with Gasteiger partial charge in [0, 0.05) is 40.8 Å². The second-order valence-electron chi connectivity index (χ2n) is 8.38. The van der Waals surface area contributed by atoms with Gasteiger partial charge in [-0.1, -0.05) is 39.7 Å². The lowest BCUT2D eigenvalue weighted by Crippen LogP contribution is -2.37. The monoisotopic (exact) mass is 572 g/mol. The highest BCUT2D eigenvalue weighted by molar-refractivity contribution is 9.10. The van der Waals surface area contributed by atoms with E-state index in [1.54, 1.807) is 35.2 Å². The highest BCUT2D eigenvalue weighted by atomic mass is 79.9. The second kappa shape index (κ2) is 11.8. The summed E-state index contributed by atoms with van der Waals surface area (Å²) >= 11 is 9.47. The predicted octanol–water partition coefficient (Wildman–Crippen LogP) is 5.77. The standard InChI is InChI=1S/C27H26BrClN2O5/c1-18(32)31(23-7-8-25(24(15-23)27(33)34)30-10-12-35-13-11-30)16-20-14-21(28)4-9-26(20)36-17-19-2-5-22(29)6-3-19/h2-9,14-15H,10-13,16-17H2,1H3,(H,33,34). The summed E-state index contributed by atoms with van der Waals surface area (Å²) in [7, 11) is 0. The molecule has 0 aliphatic carbocycles. The van der Waals surface area contributed by atoms with E-state index in [0.717, 1.165) is 15.6 Å². The van der Waals surface area contributed by atoms with Crippen molar-refractivity contribution < 1.29 is 24.2 Å². The minimum absolute atomic E-state index is 0.147. The van der Waals surface area contributed by atoms with Gasteiger partial charge in [-0.3, -0.25) is 4.79 Å². The van der Waals surface area contributed by atoms with Crippen LogP contribution in [0.4, 0.5) is 11.4 Å². The van der Waals surface area contributed by atoms with Crippen molar-refractivity contribution in [3.05, 3.63) is 86.8 Å². The van der Waals surface area contributed by atoms with Gasteiger partial charge in [-0.2, -0.15) is 0 Å². The molecule has 0 atom stereocenters. The predicted molar refractivity (Wildman–Crippen MR) is 143 cm³/mol. The highest BCUT2D eigenvalue weighted by Crippen LogP contribution is 2.31. The zero-order chi connectivity index (χ0) is 25.7. The molecule has 188 valence electrons. The lowest BCUT2D eigenvalue weighted by atomic mass is 10.1. The van der Waals surface area contributed by atoms with Crippen molar-refractivity contribution >= 4 is 50.8 Å². The molecule has 0 bridgehead atoms. The summed E-state index contributed by atoms with van der Waals surface area (Å²) in [4.78, 5) is 28.4. The molecule has 1 fully saturated rings. The van der Waals surface area contributed by atoms with Crippen LogP contribution in [0.2, 0.25) is 5.02 Å². The van der Waals surface area contributed by atoms with E-state index in [-0.39, 0.29) is 18.0 Å². The van der Waals surface area contributed by atoms with Gasteiger partial charge in [0.1, 0.15) is 12.4 Å². The Balaban J connectivity index is 1.61. The number of carboxylic acids is 1. The van der Waals surface area contributed by atoms with E-state index in [4.69, 9.17) is 21.1 Å². The van der Waals surface area contributed by atoms with Crippen molar-refractivity contribution in [1.82, 2.24) is 0 Å². The third-order valence-corrected chi connectivity index (χ3v) is 6.66. The zero-order valence-electron chi connectivity index (χ0n) is 19.7. The summed E-state index contributed by atoms with van der Waals surface area (Å²) < 4.78 is 12.3. The largest absolute Gasteiger partial charge is 0.489 e. The minimum atomic E-state index is -1.05. The number of morpholine rings is 1. The molecule has 4 rings (SSSR count). The molecular formula is C27H26BrClN2O5. The molecule has 0 saturated carbocycles. The lowest BCUT2D eigenvalue weighted by Gasteiger charge is -2.31. The second-order valence-corrected chi connectivity index (χ2v) is 9.73. The smallest absolute Gasteiger partial charge is 0.337 e. The summed E-state index contributed by atoms with van der Waals surface area (Å²) in [6.07, 6.45) is 0. The van der Waals surface area contributed by atoms with E-state index >= 15 is 0 Å². The number of carbonyl (C=O) groups excluding carboxylic acids is 1. The Hall–Kier alpha value is -3.07. The fourth-order valence-corrected chi connectivity index (χ4v) is 4.59. The first-order valence-electron chi connectivity index (χ1n) is 11.5. The first-order valence-corrected chi connectivity index (χ1v) is 12.6. The molecular weight excluding hydrogens is 548 g/mol. The van der Waals surface area contributed by atoms with Gasteiger partial charge in [-0.05, 0) is 54.1 Å². The first-order chi connectivity index (χ1) is 17.3. The number of nitrogens with zero attached hydrogens (tertiary/aromatic N) is 2. The Morgan fingerprint density at radius 2 is 1.81 bits per heavy atom. The average Bonchev–Trinajstić information content (AvgIpc) is 2.87. The fraction of sp³-hybridized carbons (Fsp3) is 0.259. The van der Waals surface area contributed by atoms with Crippen molar-refractivity contribution in [2.45, 2.75) is 20.1 Å². The van der Waals surface area contributed by atoms with Gasteiger partial charge in [0.25, 0.3) is 0 Å². The van der Waals surface area contributed by atoms with Crippen molar-refractivity contribution in [2.75, 3.05) is 36.1 Å². The number of carbonyl (C=O) groups is 2. The number of aromatic carboxylic acids is 1. The Bertz CT molecular complexity index is 1250. The van der Waals surface area contributed by atoms with E-state index in [9.17, 15) is 14.7 Å². The molecule has 1 aliphatic heterocycles. The van der Waals surface area contributed by atoms with Gasteiger partial charge in [-0.15, -0.1) is 0 Å². The number of hydrogen-bond donors (Lipinski definition) is 1. The summed E-state index contributed by atoms with van der Waals surface area (Å²) in [5.74, 6) is -0.631. The lowest BCUT2D eigenvalue weighted by molar-refractivity contribution is -0.116. The van der Waals surface area contributed by atoms with Gasteiger partial charge in [0.15, 0.2) is 0 Å². The molecule has 1 aliphatic rings. The number of amides is 1. The maximum Gasteiger partial charge on any atom is 0.337 e. The van der Waals surface area contributed by atoms with Crippen LogP contribution in [-0.2, 0) is 22.7 Å². The molecule has 1 heterocycles. The third kappa shape index (κ3) is 6.37. The number of rotatable bonds is 8. The van der Waals surface area contributed by atoms with Crippen LogP contribution in [0.15, 0.2) is 65.1 Å². The quantitative estimate of drug-likeness (QED) is 0.369. The van der Waals surface area contributed by atoms with Crippen molar-refractivity contribution in [3.63, 3.8) is 0 Å². The van der Waals surface area contributed by atoms with E-state index in [0.29, 0.717) is 55.1 Å². The van der Waals surface area contributed by atoms with Crippen LogP contribution in [0.3, 0.4) is 0 Å². The fourth-order valence-electron chi connectivity index (χ4n) is 4.05. The van der Waals surface area contributed by atoms with Crippen molar-refractivity contribution in [1.29, 1.82) is 0 Å². The van der Waals surface area contributed by atoms with E-state index in [1.165, 1.54) is 6.92 Å². The van der Waals surface area contributed by atoms with Crippen LogP contribution < -0.4 is 14.5 Å². The van der Waals surface area contributed by atoms with Crippen LogP contribution >= 0.6 is 27.5 Å². The Labute approximate surface area is 223 Å². The molecule has 0 spiro atoms. The Morgan fingerprint density at radius 1 is 1.08 bits per heavy atom. The molecule has 0 radical (unpaired) electrons. The van der Waals surface area contributed by atoms with Crippen molar-refractivity contribution in [2.24, 2.45) is 0 Å². The first kappa shape index (κ1) is 26.0. The van der Waals surface area contributed by atoms with Gasteiger partial charge in [0.05, 0.1) is 31.0 Å². The van der Waals surface area contributed by atoms with Crippen LogP contribution in [0.5, 0.6) is 5.75 Å². The minimum Gasteiger partial charge on any atom is -0.489 e. The molecule has 1 amide bonds. The van der Waals surface area contributed by atoms with Gasteiger partial charge in [-0.25, -0.2) is 4.79 Å². The molecule has 0 unspecified atom stereocenters. The maximum absolute atomic E-state index is 12.7. The van der Waals surface area contributed by atoms with Crippen LogP contribution in [-0.4, -0.2) is 43.3 Å². The number of anilines is 2. The molecule has 1 saturated heterocycles. The normalized spacial score (nSPS) is 13.4. The molecule has 0 aromatic heterocycles. The molecule has 1 N–H and O–H groups in total. The summed E-state index contributed by atoms with van der Waals surface area (Å²) in [6, 6.07) is 18.1. The summed E-state index contributed by atoms with van der Waals surface area (Å²) in [5.41, 5.74) is 3.01. The molecule has 7 nitrogen and oxygen atoms in total. The Kier molecular flexibility index (Phi) is 8.51. The number of ether oxygens (including phenoxy) is 2. The van der Waals surface area contributed by atoms with E-state index in [2.05, 4.69) is 15.9 Å². The number of benzene rings is 3. The SMILES string of the molecule is CC(=O)N(Cc1cc(Br)ccc1OCc1ccc(Cl)cc1)c1ccc(N2CCOCC2)c(C(=O)O)c1. The number of hydrogen-bond acceptors (Lipinski definition) is 5. The molecule has 9 heteroatoms. The summed E-state index contributed by atoms with van der Waals surface area (Å²) in [5, 5.41) is 10.6. The Morgan fingerprint density at radius 3 is 2.47 bits per heavy atom. The number of carboxylic acid groups (broad SMARTS) is 1. The zero-order valence-corrected chi connectivity index (χ0v) is 22.1. The average molecular weight is 574 g/mol. The van der Waals surface area contributed by atoms with Gasteiger partial charge < -0.3 is 24.4 Å². The highest BCUT2D eigenvalue weighted by Gasteiger charge is 2.22. The number of halogens is 2. The van der Waals surface area contributed by atoms with E-state index in [1.807, 2.05) is 35.2 Å². The third-order valence-electron chi connectivity index (χ3n) is 5.91. The van der Waals surface area contributed by atoms with Gasteiger partial charge in [0.2, 0.25) is 5.91 Å². The maximum atomic E-state index is 12.7. The van der Waals surface area contributed by atoms with Gasteiger partial charge >= 0.3 is 5.97 Å². The van der Waals surface area contributed by atoms with Crippen LogP contribution in [0.25, 0.3) is 0 Å². The molecule has 3 aromatic rings. The molecule has 36 heavy (non-hydrogen) atoms. The topological polar surface area (TPSA) is 79.3 Å². The van der Waals surface area contributed by atoms with E-state index < -0.39 is 5.97 Å². The summed E-state index contributed by atoms with van der Waals surface area (Å²) in [6.45, 7) is 4.32. The molecule has 3 aromatic carbocycles.